The van der Waals surface area contributed by atoms with Gasteiger partial charge in [-0.25, -0.2) is 17.2 Å². The Hall–Kier alpha value is -1.46. The molecular weight excluding hydrogens is 318 g/mol. The summed E-state index contributed by atoms with van der Waals surface area (Å²) in [5.41, 5.74) is 0.821. The lowest BCUT2D eigenvalue weighted by Crippen LogP contribution is -2.02. The highest BCUT2D eigenvalue weighted by Gasteiger charge is 2.19. The number of aryl methyl sites for hydroxylation is 1. The first-order valence-electron chi connectivity index (χ1n) is 6.10. The number of hydrogen-bond acceptors (Lipinski definition) is 2. The van der Waals surface area contributed by atoms with Crippen LogP contribution in [0.15, 0.2) is 41.3 Å². The topological polar surface area (TPSA) is 34.1 Å². The summed E-state index contributed by atoms with van der Waals surface area (Å²) >= 11 is 6.23. The van der Waals surface area contributed by atoms with E-state index in [1.165, 1.54) is 31.2 Å². The van der Waals surface area contributed by atoms with Gasteiger partial charge in [-0.05, 0) is 36.2 Å². The van der Waals surface area contributed by atoms with Gasteiger partial charge in [-0.15, -0.1) is 11.6 Å². The van der Waals surface area contributed by atoms with Crippen molar-refractivity contribution in [2.75, 3.05) is 6.26 Å². The number of halogens is 3. The highest BCUT2D eigenvalue weighted by molar-refractivity contribution is 7.90. The first kappa shape index (κ1) is 15.9. The van der Waals surface area contributed by atoms with Crippen molar-refractivity contribution in [3.63, 3.8) is 0 Å². The molecule has 0 heterocycles. The fourth-order valence-corrected chi connectivity index (χ4v) is 2.94. The van der Waals surface area contributed by atoms with Gasteiger partial charge in [0.2, 0.25) is 0 Å². The van der Waals surface area contributed by atoms with Gasteiger partial charge in [0.1, 0.15) is 11.6 Å². The van der Waals surface area contributed by atoms with E-state index < -0.39 is 26.8 Å². The van der Waals surface area contributed by atoms with Crippen molar-refractivity contribution in [1.29, 1.82) is 0 Å². The molecule has 1 atom stereocenters. The van der Waals surface area contributed by atoms with Crippen LogP contribution in [-0.2, 0) is 9.84 Å². The predicted octanol–water partition coefficient (Wildman–Crippen LogP) is 4.00. The van der Waals surface area contributed by atoms with Crippen LogP contribution in [0.25, 0.3) is 0 Å². The number of hydrogen-bond donors (Lipinski definition) is 0. The largest absolute Gasteiger partial charge is 0.224 e. The summed E-state index contributed by atoms with van der Waals surface area (Å²) in [7, 11) is -3.38. The molecule has 2 aromatic carbocycles. The first-order valence-corrected chi connectivity index (χ1v) is 8.42. The third kappa shape index (κ3) is 3.41. The van der Waals surface area contributed by atoms with Crippen LogP contribution in [0.1, 0.15) is 22.1 Å². The molecule has 2 nitrogen and oxygen atoms in total. The van der Waals surface area contributed by atoms with Crippen LogP contribution in [0, 0.1) is 18.6 Å². The summed E-state index contributed by atoms with van der Waals surface area (Å²) in [5, 5.41) is -0.897. The maximum absolute atomic E-state index is 13.9. The third-order valence-electron chi connectivity index (χ3n) is 3.13. The zero-order valence-corrected chi connectivity index (χ0v) is 13.0. The van der Waals surface area contributed by atoms with Gasteiger partial charge < -0.3 is 0 Å². The molecule has 0 saturated heterocycles. The number of benzene rings is 2. The second-order valence-electron chi connectivity index (χ2n) is 4.83. The van der Waals surface area contributed by atoms with Crippen molar-refractivity contribution in [1.82, 2.24) is 0 Å². The maximum Gasteiger partial charge on any atom is 0.175 e. The van der Waals surface area contributed by atoms with Crippen LogP contribution >= 0.6 is 11.6 Å². The van der Waals surface area contributed by atoms with E-state index in [1.54, 1.807) is 6.07 Å². The van der Waals surface area contributed by atoms with Crippen molar-refractivity contribution in [3.05, 3.63) is 64.7 Å². The maximum atomic E-state index is 13.9. The Kier molecular flexibility index (Phi) is 4.35. The normalized spacial score (nSPS) is 13.2. The van der Waals surface area contributed by atoms with Crippen LogP contribution in [-0.4, -0.2) is 14.7 Å². The Bertz CT molecular complexity index is 788. The van der Waals surface area contributed by atoms with E-state index in [0.29, 0.717) is 5.56 Å². The fraction of sp³-hybridized carbons (Fsp3) is 0.200. The lowest BCUT2D eigenvalue weighted by molar-refractivity contribution is 0.568. The molecule has 0 aliphatic rings. The Balaban J connectivity index is 2.50. The Morgan fingerprint density at radius 1 is 1.10 bits per heavy atom. The molecule has 0 aromatic heterocycles. The lowest BCUT2D eigenvalue weighted by Gasteiger charge is -2.13. The zero-order chi connectivity index (χ0) is 15.8. The fourth-order valence-electron chi connectivity index (χ4n) is 1.96. The van der Waals surface area contributed by atoms with Gasteiger partial charge in [0.15, 0.2) is 9.84 Å². The van der Waals surface area contributed by atoms with Crippen molar-refractivity contribution >= 4 is 21.4 Å². The molecule has 2 aromatic rings. The summed E-state index contributed by atoms with van der Waals surface area (Å²) in [5.74, 6) is -1.41. The van der Waals surface area contributed by atoms with E-state index in [9.17, 15) is 17.2 Å². The SMILES string of the molecule is Cc1cc(C(Cl)c2cccc(S(C)(=O)=O)c2)c(F)cc1F. The van der Waals surface area contributed by atoms with Crippen molar-refractivity contribution in [3.8, 4) is 0 Å². The lowest BCUT2D eigenvalue weighted by atomic mass is 10.0. The van der Waals surface area contributed by atoms with Crippen molar-refractivity contribution in [2.45, 2.75) is 17.2 Å². The minimum Gasteiger partial charge on any atom is -0.224 e. The van der Waals surface area contributed by atoms with Gasteiger partial charge >= 0.3 is 0 Å². The molecular formula is C15H13ClF2O2S. The van der Waals surface area contributed by atoms with Crippen LogP contribution in [0.4, 0.5) is 8.78 Å². The minimum atomic E-state index is -3.38. The molecule has 0 fully saturated rings. The van der Waals surface area contributed by atoms with Gasteiger partial charge in [0.05, 0.1) is 10.3 Å². The molecule has 21 heavy (non-hydrogen) atoms. The number of sulfone groups is 1. The number of rotatable bonds is 3. The molecule has 112 valence electrons. The van der Waals surface area contributed by atoms with E-state index in [2.05, 4.69) is 0 Å². The standard InChI is InChI=1S/C15H13ClF2O2S/c1-9-6-12(14(18)8-13(9)17)15(16)10-4-3-5-11(7-10)21(2,19)20/h3-8,15H,1-2H3. The third-order valence-corrected chi connectivity index (χ3v) is 4.73. The second kappa shape index (κ2) is 5.73. The van der Waals surface area contributed by atoms with E-state index in [-0.39, 0.29) is 16.0 Å². The van der Waals surface area contributed by atoms with Gasteiger partial charge in [0.25, 0.3) is 0 Å². The molecule has 0 spiro atoms. The van der Waals surface area contributed by atoms with E-state index in [0.717, 1.165) is 12.3 Å². The molecule has 0 aliphatic heterocycles. The Morgan fingerprint density at radius 2 is 1.76 bits per heavy atom. The number of alkyl halides is 1. The summed E-state index contributed by atoms with van der Waals surface area (Å²) < 4.78 is 50.2. The molecule has 2 rings (SSSR count). The summed E-state index contributed by atoms with van der Waals surface area (Å²) in [6.45, 7) is 1.51. The van der Waals surface area contributed by atoms with Crippen LogP contribution < -0.4 is 0 Å². The van der Waals surface area contributed by atoms with Gasteiger partial charge in [-0.3, -0.25) is 0 Å². The summed E-state index contributed by atoms with van der Waals surface area (Å²) in [4.78, 5) is 0.102. The van der Waals surface area contributed by atoms with E-state index in [4.69, 9.17) is 11.6 Å². The summed E-state index contributed by atoms with van der Waals surface area (Å²) in [6, 6.07) is 8.08. The molecule has 1 unspecified atom stereocenters. The van der Waals surface area contributed by atoms with Gasteiger partial charge in [-0.1, -0.05) is 12.1 Å². The van der Waals surface area contributed by atoms with Crippen molar-refractivity contribution < 1.29 is 17.2 Å². The Morgan fingerprint density at radius 3 is 2.38 bits per heavy atom. The minimum absolute atomic E-state index is 0.102. The highest BCUT2D eigenvalue weighted by atomic mass is 35.5. The van der Waals surface area contributed by atoms with Gasteiger partial charge in [0, 0.05) is 17.9 Å². The van der Waals surface area contributed by atoms with Crippen molar-refractivity contribution in [2.24, 2.45) is 0 Å². The molecule has 6 heteroatoms. The first-order chi connectivity index (χ1) is 9.70. The molecule has 0 N–H and O–H groups in total. The van der Waals surface area contributed by atoms with Gasteiger partial charge in [-0.2, -0.15) is 0 Å². The van der Waals surface area contributed by atoms with E-state index in [1.807, 2.05) is 0 Å². The Labute approximate surface area is 127 Å². The summed E-state index contributed by atoms with van der Waals surface area (Å²) in [6.07, 6.45) is 1.08. The van der Waals surface area contributed by atoms with Crippen LogP contribution in [0.5, 0.6) is 0 Å². The molecule has 0 saturated carbocycles. The molecule has 0 amide bonds. The van der Waals surface area contributed by atoms with Crippen LogP contribution in [0.3, 0.4) is 0 Å². The molecule has 0 radical (unpaired) electrons. The molecule has 0 aliphatic carbocycles. The van der Waals surface area contributed by atoms with Crippen LogP contribution in [0.2, 0.25) is 0 Å². The molecule has 0 bridgehead atoms. The second-order valence-corrected chi connectivity index (χ2v) is 7.28. The average Bonchev–Trinajstić information content (AvgIpc) is 2.41. The monoisotopic (exact) mass is 330 g/mol. The average molecular weight is 331 g/mol. The van der Waals surface area contributed by atoms with E-state index >= 15 is 0 Å². The predicted molar refractivity (Wildman–Crippen MR) is 78.3 cm³/mol. The smallest absolute Gasteiger partial charge is 0.175 e. The zero-order valence-electron chi connectivity index (χ0n) is 11.4. The highest BCUT2D eigenvalue weighted by Crippen LogP contribution is 2.32. The quantitative estimate of drug-likeness (QED) is 0.797.